The van der Waals surface area contributed by atoms with Crippen LogP contribution in [-0.2, 0) is 14.2 Å². The first-order chi connectivity index (χ1) is 19.7. The number of nitrogens with one attached hydrogen (secondary N) is 1. The molecule has 218 valence electrons. The summed E-state index contributed by atoms with van der Waals surface area (Å²) in [5.41, 5.74) is 2.92. The van der Waals surface area contributed by atoms with E-state index in [4.69, 9.17) is 9.47 Å². The van der Waals surface area contributed by atoms with Crippen LogP contribution >= 0.6 is 11.8 Å². The molecule has 0 spiro atoms. The fraction of sp³-hybridized carbons (Fsp3) is 0.412. The maximum absolute atomic E-state index is 13.0. The lowest BCUT2D eigenvalue weighted by atomic mass is 9.84. The second kappa shape index (κ2) is 13.9. The predicted molar refractivity (Wildman–Crippen MR) is 166 cm³/mol. The van der Waals surface area contributed by atoms with Gasteiger partial charge in [-0.05, 0) is 63.1 Å². The van der Waals surface area contributed by atoms with Crippen molar-refractivity contribution >= 4 is 23.9 Å². The van der Waals surface area contributed by atoms with Gasteiger partial charge in [-0.3, -0.25) is 0 Å². The number of alkyl carbamates (subject to hydrolysis) is 1. The van der Waals surface area contributed by atoms with Gasteiger partial charge in [0.2, 0.25) is 0 Å². The SMILES string of the molecule is COC(=O)N1CCC[C@H]1CC[C@H](CSC(c1ccccc1)(c1ccccc1)c1ccccc1)NC(=O)OC(C)(C)C. The monoisotopic (exact) mass is 574 g/mol. The van der Waals surface area contributed by atoms with E-state index in [1.807, 2.05) is 55.6 Å². The first-order valence-corrected chi connectivity index (χ1v) is 15.4. The Bertz CT molecular complexity index is 1150. The molecule has 1 N–H and O–H groups in total. The highest BCUT2D eigenvalue weighted by Gasteiger charge is 2.38. The van der Waals surface area contributed by atoms with Crippen molar-refractivity contribution < 1.29 is 19.1 Å². The van der Waals surface area contributed by atoms with Gasteiger partial charge in [0.05, 0.1) is 11.9 Å². The average molecular weight is 575 g/mol. The number of rotatable bonds is 10. The minimum atomic E-state index is -0.600. The number of carbonyl (C=O) groups excluding carboxylic acids is 2. The Hall–Kier alpha value is -3.45. The first-order valence-electron chi connectivity index (χ1n) is 14.4. The molecule has 3 aromatic carbocycles. The average Bonchev–Trinajstić information content (AvgIpc) is 3.45. The van der Waals surface area contributed by atoms with Crippen molar-refractivity contribution in [3.8, 4) is 0 Å². The zero-order valence-corrected chi connectivity index (χ0v) is 25.4. The summed E-state index contributed by atoms with van der Waals surface area (Å²) >= 11 is 1.81. The van der Waals surface area contributed by atoms with Crippen LogP contribution in [0.1, 0.15) is 63.1 Å². The van der Waals surface area contributed by atoms with Crippen LogP contribution in [-0.4, -0.2) is 54.2 Å². The number of carbonyl (C=O) groups is 2. The highest BCUT2D eigenvalue weighted by atomic mass is 32.2. The number of likely N-dealkylation sites (tertiary alicyclic amines) is 1. The van der Waals surface area contributed by atoms with E-state index in [0.717, 1.165) is 19.3 Å². The fourth-order valence-electron chi connectivity index (χ4n) is 5.55. The fourth-order valence-corrected chi connectivity index (χ4v) is 7.16. The van der Waals surface area contributed by atoms with E-state index in [1.165, 1.54) is 23.8 Å². The quantitative estimate of drug-likeness (QED) is 0.252. The second-order valence-electron chi connectivity index (χ2n) is 11.5. The van der Waals surface area contributed by atoms with Gasteiger partial charge in [0, 0.05) is 24.4 Å². The summed E-state index contributed by atoms with van der Waals surface area (Å²) in [6.07, 6.45) is 2.66. The lowest BCUT2D eigenvalue weighted by Crippen LogP contribution is -2.43. The zero-order chi connectivity index (χ0) is 29.3. The van der Waals surface area contributed by atoms with Crippen molar-refractivity contribution in [2.75, 3.05) is 19.4 Å². The van der Waals surface area contributed by atoms with Gasteiger partial charge in [-0.2, -0.15) is 0 Å². The molecule has 0 radical (unpaired) electrons. The molecular formula is C34H42N2O4S. The van der Waals surface area contributed by atoms with Gasteiger partial charge >= 0.3 is 12.2 Å². The van der Waals surface area contributed by atoms with Gasteiger partial charge in [-0.25, -0.2) is 9.59 Å². The van der Waals surface area contributed by atoms with Crippen molar-refractivity contribution in [3.05, 3.63) is 108 Å². The Morgan fingerprint density at radius 2 is 1.41 bits per heavy atom. The molecule has 7 heteroatoms. The molecule has 1 heterocycles. The molecule has 2 amide bonds. The molecule has 1 saturated heterocycles. The van der Waals surface area contributed by atoms with Crippen LogP contribution in [0.25, 0.3) is 0 Å². The number of hydrogen-bond acceptors (Lipinski definition) is 5. The summed E-state index contributed by atoms with van der Waals surface area (Å²) in [4.78, 5) is 27.2. The minimum absolute atomic E-state index is 0.0949. The molecule has 0 bridgehead atoms. The van der Waals surface area contributed by atoms with E-state index in [-0.39, 0.29) is 18.2 Å². The second-order valence-corrected chi connectivity index (χ2v) is 12.7. The third-order valence-electron chi connectivity index (χ3n) is 7.40. The van der Waals surface area contributed by atoms with Crippen molar-refractivity contribution in [1.29, 1.82) is 0 Å². The lowest BCUT2D eigenvalue weighted by Gasteiger charge is -2.37. The summed E-state index contributed by atoms with van der Waals surface area (Å²) in [7, 11) is 1.43. The molecule has 6 nitrogen and oxygen atoms in total. The van der Waals surface area contributed by atoms with Gasteiger partial charge < -0.3 is 19.7 Å². The molecule has 1 fully saturated rings. The molecule has 2 atom stereocenters. The summed E-state index contributed by atoms with van der Waals surface area (Å²) in [6.45, 7) is 6.31. The van der Waals surface area contributed by atoms with Crippen LogP contribution in [0.3, 0.4) is 0 Å². The molecule has 0 aromatic heterocycles. The van der Waals surface area contributed by atoms with E-state index in [2.05, 4.69) is 78.1 Å². The first kappa shape index (κ1) is 30.5. The molecule has 1 aliphatic heterocycles. The maximum Gasteiger partial charge on any atom is 0.409 e. The third kappa shape index (κ3) is 7.85. The molecule has 0 unspecified atom stereocenters. The van der Waals surface area contributed by atoms with Gasteiger partial charge in [-0.15, -0.1) is 11.8 Å². The third-order valence-corrected chi connectivity index (χ3v) is 9.11. The molecule has 4 rings (SSSR count). The standard InChI is InChI=1S/C34H42N2O4S/c1-33(2,3)40-31(37)35-29(22-23-30-21-14-24-36(30)32(38)39-4)25-41-34(26-15-8-5-9-16-26,27-17-10-6-11-18-27)28-19-12-7-13-20-28/h5-13,15-20,29-30H,14,21-25H2,1-4H3,(H,35,37)/t29-,30+/m1/s1. The topological polar surface area (TPSA) is 67.9 Å². The number of benzene rings is 3. The Kier molecular flexibility index (Phi) is 10.4. The Morgan fingerprint density at radius 1 is 0.902 bits per heavy atom. The smallest absolute Gasteiger partial charge is 0.409 e. The summed E-state index contributed by atoms with van der Waals surface area (Å²) in [6, 6.07) is 31.6. The van der Waals surface area contributed by atoms with E-state index in [9.17, 15) is 9.59 Å². The summed E-state index contributed by atoms with van der Waals surface area (Å²) in [5, 5.41) is 3.17. The van der Waals surface area contributed by atoms with Crippen LogP contribution < -0.4 is 5.32 Å². The number of hydrogen-bond donors (Lipinski definition) is 1. The molecule has 41 heavy (non-hydrogen) atoms. The molecule has 1 aliphatic rings. The number of methoxy groups -OCH3 is 1. The van der Waals surface area contributed by atoms with Crippen molar-refractivity contribution in [1.82, 2.24) is 10.2 Å². The maximum atomic E-state index is 13.0. The largest absolute Gasteiger partial charge is 0.453 e. The zero-order valence-electron chi connectivity index (χ0n) is 24.5. The molecule has 0 saturated carbocycles. The predicted octanol–water partition coefficient (Wildman–Crippen LogP) is 7.62. The summed E-state index contributed by atoms with van der Waals surface area (Å²) in [5.74, 6) is 0.642. The Balaban J connectivity index is 1.66. The summed E-state index contributed by atoms with van der Waals surface area (Å²) < 4.78 is 10.2. The highest BCUT2D eigenvalue weighted by Crippen LogP contribution is 2.48. The van der Waals surface area contributed by atoms with Crippen LogP contribution in [0.5, 0.6) is 0 Å². The number of thioether (sulfide) groups is 1. The molecule has 3 aromatic rings. The van der Waals surface area contributed by atoms with Crippen molar-refractivity contribution in [3.63, 3.8) is 0 Å². The van der Waals surface area contributed by atoms with Gasteiger partial charge in [0.25, 0.3) is 0 Å². The van der Waals surface area contributed by atoms with Crippen molar-refractivity contribution in [2.24, 2.45) is 0 Å². The minimum Gasteiger partial charge on any atom is -0.453 e. The van der Waals surface area contributed by atoms with Crippen LogP contribution in [0.15, 0.2) is 91.0 Å². The lowest BCUT2D eigenvalue weighted by molar-refractivity contribution is 0.0504. The van der Waals surface area contributed by atoms with Crippen LogP contribution in [0.4, 0.5) is 9.59 Å². The molecular weight excluding hydrogens is 532 g/mol. The Morgan fingerprint density at radius 3 is 1.88 bits per heavy atom. The van der Waals surface area contributed by atoms with Gasteiger partial charge in [0.15, 0.2) is 0 Å². The van der Waals surface area contributed by atoms with E-state index in [0.29, 0.717) is 18.7 Å². The van der Waals surface area contributed by atoms with E-state index >= 15 is 0 Å². The number of nitrogens with zero attached hydrogens (tertiary/aromatic N) is 1. The van der Waals surface area contributed by atoms with E-state index in [1.54, 1.807) is 0 Å². The molecule has 0 aliphatic carbocycles. The van der Waals surface area contributed by atoms with Crippen molar-refractivity contribution in [2.45, 2.75) is 68.9 Å². The van der Waals surface area contributed by atoms with Gasteiger partial charge in [-0.1, -0.05) is 91.0 Å². The van der Waals surface area contributed by atoms with Crippen LogP contribution in [0, 0.1) is 0 Å². The highest BCUT2D eigenvalue weighted by molar-refractivity contribution is 8.00. The van der Waals surface area contributed by atoms with Crippen LogP contribution in [0.2, 0.25) is 0 Å². The van der Waals surface area contributed by atoms with E-state index < -0.39 is 16.4 Å². The van der Waals surface area contributed by atoms with Gasteiger partial charge in [0.1, 0.15) is 5.60 Å². The number of amides is 2. The normalized spacial score (nSPS) is 16.2. The Labute approximate surface area is 248 Å². The number of ether oxygens (including phenoxy) is 2.